The molecule has 3 heterocycles. The van der Waals surface area contributed by atoms with Gasteiger partial charge in [0, 0.05) is 30.9 Å². The molecule has 0 saturated carbocycles. The van der Waals surface area contributed by atoms with E-state index in [0.717, 1.165) is 32.0 Å². The highest BCUT2D eigenvalue weighted by Gasteiger charge is 2.32. The molecule has 0 aliphatic carbocycles. The predicted molar refractivity (Wildman–Crippen MR) is 108 cm³/mol. The molecule has 0 radical (unpaired) electrons. The van der Waals surface area contributed by atoms with Gasteiger partial charge in [-0.1, -0.05) is 0 Å². The number of piperidine rings is 1. The lowest BCUT2D eigenvalue weighted by atomic mass is 10.0. The Labute approximate surface area is 176 Å². The van der Waals surface area contributed by atoms with E-state index in [9.17, 15) is 18.3 Å². The maximum atomic E-state index is 13.0. The maximum absolute atomic E-state index is 13.0. The third kappa shape index (κ3) is 4.57. The van der Waals surface area contributed by atoms with Crippen molar-refractivity contribution in [3.63, 3.8) is 0 Å². The average Bonchev–Trinajstić information content (AvgIpc) is 3.09. The summed E-state index contributed by atoms with van der Waals surface area (Å²) in [6.45, 7) is 3.94. The van der Waals surface area contributed by atoms with Crippen LogP contribution in [0.2, 0.25) is 0 Å². The van der Waals surface area contributed by atoms with Gasteiger partial charge in [-0.2, -0.15) is 18.2 Å². The van der Waals surface area contributed by atoms with Crippen molar-refractivity contribution in [2.75, 3.05) is 31.6 Å². The zero-order valence-electron chi connectivity index (χ0n) is 16.9. The van der Waals surface area contributed by atoms with E-state index in [0.29, 0.717) is 24.3 Å². The van der Waals surface area contributed by atoms with Crippen LogP contribution in [0, 0.1) is 6.92 Å². The molecule has 0 amide bonds. The van der Waals surface area contributed by atoms with E-state index < -0.39 is 17.5 Å². The monoisotopic (exact) mass is 436 g/mol. The Morgan fingerprint density at radius 2 is 2.06 bits per heavy atom. The van der Waals surface area contributed by atoms with Crippen LogP contribution < -0.4 is 5.32 Å². The Bertz CT molecular complexity index is 1060. The fourth-order valence-electron chi connectivity index (χ4n) is 3.94. The minimum atomic E-state index is -4.54. The number of aryl methyl sites for hydroxylation is 1. The van der Waals surface area contributed by atoms with E-state index in [1.807, 2.05) is 0 Å². The van der Waals surface area contributed by atoms with Crippen molar-refractivity contribution in [3.8, 4) is 17.0 Å². The van der Waals surface area contributed by atoms with Crippen molar-refractivity contribution in [2.45, 2.75) is 32.0 Å². The van der Waals surface area contributed by atoms with Gasteiger partial charge in [0.1, 0.15) is 5.75 Å². The standard InChI is InChI=1S/C20H23F3N6O2/c1-12-9-13(20(21,22)23)10-16(31)17(12)15-4-6-29-19(25-15)26-18(27-29)24-14-3-2-5-28(11-14)7-8-30/h4,6,9-10,14,30-31H,2-3,5,7-8,11H2,1H3,(H,24,27)/t14-/m1/s1. The van der Waals surface area contributed by atoms with Crippen LogP contribution in [-0.4, -0.2) is 67.0 Å². The van der Waals surface area contributed by atoms with Gasteiger partial charge in [0.05, 0.1) is 17.9 Å². The summed E-state index contributed by atoms with van der Waals surface area (Å²) in [5, 5.41) is 27.0. The van der Waals surface area contributed by atoms with Crippen molar-refractivity contribution >= 4 is 11.7 Å². The van der Waals surface area contributed by atoms with Crippen molar-refractivity contribution in [1.82, 2.24) is 24.5 Å². The fraction of sp³-hybridized carbons (Fsp3) is 0.450. The van der Waals surface area contributed by atoms with E-state index in [1.54, 1.807) is 12.3 Å². The van der Waals surface area contributed by atoms with Gasteiger partial charge in [-0.05, 0) is 50.1 Å². The second-order valence-electron chi connectivity index (χ2n) is 7.69. The quantitative estimate of drug-likeness (QED) is 0.566. The number of fused-ring (bicyclic) bond motifs is 1. The maximum Gasteiger partial charge on any atom is 0.416 e. The molecule has 3 aromatic rings. The number of aliphatic hydroxyl groups excluding tert-OH is 1. The Hall–Kier alpha value is -2.92. The van der Waals surface area contributed by atoms with Gasteiger partial charge >= 0.3 is 6.18 Å². The molecule has 11 heteroatoms. The molecule has 3 N–H and O–H groups in total. The highest BCUT2D eigenvalue weighted by molar-refractivity contribution is 5.72. The molecule has 4 rings (SSSR count). The third-order valence-electron chi connectivity index (χ3n) is 5.36. The highest BCUT2D eigenvalue weighted by atomic mass is 19.4. The minimum Gasteiger partial charge on any atom is -0.507 e. The van der Waals surface area contributed by atoms with Gasteiger partial charge in [-0.3, -0.25) is 4.90 Å². The van der Waals surface area contributed by atoms with E-state index >= 15 is 0 Å². The molecule has 1 saturated heterocycles. The van der Waals surface area contributed by atoms with Crippen molar-refractivity contribution in [3.05, 3.63) is 35.5 Å². The van der Waals surface area contributed by atoms with E-state index in [1.165, 1.54) is 11.4 Å². The molecule has 0 bridgehead atoms. The number of likely N-dealkylation sites (tertiary alicyclic amines) is 1. The molecular formula is C20H23F3N6O2. The summed E-state index contributed by atoms with van der Waals surface area (Å²) in [5.41, 5.74) is -0.126. The summed E-state index contributed by atoms with van der Waals surface area (Å²) in [4.78, 5) is 10.9. The summed E-state index contributed by atoms with van der Waals surface area (Å²) in [6.07, 6.45) is -0.988. The Balaban J connectivity index is 1.58. The first kappa shape index (κ1) is 21.3. The molecule has 1 aliphatic rings. The number of aromatic nitrogens is 4. The largest absolute Gasteiger partial charge is 0.507 e. The SMILES string of the molecule is Cc1cc(C(F)(F)F)cc(O)c1-c1ccn2nc(N[C@@H]3CCCN(CCO)C3)nc2n1. The van der Waals surface area contributed by atoms with Gasteiger partial charge in [0.25, 0.3) is 5.78 Å². The number of phenols is 1. The molecule has 1 aromatic carbocycles. The lowest BCUT2D eigenvalue weighted by molar-refractivity contribution is -0.137. The highest BCUT2D eigenvalue weighted by Crippen LogP contribution is 2.38. The van der Waals surface area contributed by atoms with Crippen molar-refractivity contribution in [1.29, 1.82) is 0 Å². The second-order valence-corrected chi connectivity index (χ2v) is 7.69. The summed E-state index contributed by atoms with van der Waals surface area (Å²) in [7, 11) is 0. The number of hydrogen-bond acceptors (Lipinski definition) is 7. The number of anilines is 1. The predicted octanol–water partition coefficient (Wildman–Crippen LogP) is 2.69. The smallest absolute Gasteiger partial charge is 0.416 e. The molecule has 1 atom stereocenters. The van der Waals surface area contributed by atoms with Gasteiger partial charge in [-0.25, -0.2) is 9.50 Å². The number of benzene rings is 1. The number of alkyl halides is 3. The minimum absolute atomic E-state index is 0.113. The molecule has 2 aromatic heterocycles. The van der Waals surface area contributed by atoms with Gasteiger partial charge < -0.3 is 15.5 Å². The number of rotatable bonds is 5. The number of nitrogens with one attached hydrogen (secondary N) is 1. The first-order valence-corrected chi connectivity index (χ1v) is 9.99. The Morgan fingerprint density at radius 3 is 2.77 bits per heavy atom. The summed E-state index contributed by atoms with van der Waals surface area (Å²) in [5.74, 6) is 0.170. The molecule has 31 heavy (non-hydrogen) atoms. The summed E-state index contributed by atoms with van der Waals surface area (Å²) < 4.78 is 40.4. The van der Waals surface area contributed by atoms with Crippen molar-refractivity contribution in [2.24, 2.45) is 0 Å². The Morgan fingerprint density at radius 1 is 1.26 bits per heavy atom. The van der Waals surface area contributed by atoms with Crippen LogP contribution in [0.25, 0.3) is 17.0 Å². The lowest BCUT2D eigenvalue weighted by Crippen LogP contribution is -2.43. The zero-order chi connectivity index (χ0) is 22.2. The zero-order valence-corrected chi connectivity index (χ0v) is 16.9. The normalized spacial score (nSPS) is 17.9. The third-order valence-corrected chi connectivity index (χ3v) is 5.36. The van der Waals surface area contributed by atoms with Crippen LogP contribution in [0.5, 0.6) is 5.75 Å². The van der Waals surface area contributed by atoms with Gasteiger partial charge in [0.15, 0.2) is 0 Å². The number of nitrogens with zero attached hydrogens (tertiary/aromatic N) is 5. The number of phenolic OH excluding ortho intramolecular Hbond substituents is 1. The first-order valence-electron chi connectivity index (χ1n) is 9.99. The van der Waals surface area contributed by atoms with Crippen LogP contribution in [0.15, 0.2) is 24.4 Å². The van der Waals surface area contributed by atoms with Gasteiger partial charge in [-0.15, -0.1) is 5.10 Å². The van der Waals surface area contributed by atoms with Crippen LogP contribution in [-0.2, 0) is 6.18 Å². The van der Waals surface area contributed by atoms with E-state index in [2.05, 4.69) is 25.3 Å². The molecular weight excluding hydrogens is 413 g/mol. The number of aliphatic hydroxyl groups is 1. The first-order chi connectivity index (χ1) is 14.7. The fourth-order valence-corrected chi connectivity index (χ4v) is 3.94. The van der Waals surface area contributed by atoms with E-state index in [-0.39, 0.29) is 29.6 Å². The molecule has 1 aliphatic heterocycles. The molecule has 0 spiro atoms. The number of halogens is 3. The molecule has 1 fully saturated rings. The number of β-amino-alcohol motifs (C(OH)–C–C–N with tert-alkyl or cyclic N) is 1. The average molecular weight is 436 g/mol. The summed E-state index contributed by atoms with van der Waals surface area (Å²) >= 11 is 0. The topological polar surface area (TPSA) is 98.8 Å². The van der Waals surface area contributed by atoms with Crippen LogP contribution in [0.4, 0.5) is 19.1 Å². The summed E-state index contributed by atoms with van der Waals surface area (Å²) in [6, 6.07) is 3.40. The van der Waals surface area contributed by atoms with Crippen LogP contribution >= 0.6 is 0 Å². The number of hydrogen-bond donors (Lipinski definition) is 3. The van der Waals surface area contributed by atoms with Gasteiger partial charge in [0.2, 0.25) is 5.95 Å². The molecule has 8 nitrogen and oxygen atoms in total. The Kier molecular flexibility index (Phi) is 5.71. The molecule has 0 unspecified atom stereocenters. The second kappa shape index (κ2) is 8.31. The van der Waals surface area contributed by atoms with Crippen LogP contribution in [0.1, 0.15) is 24.0 Å². The van der Waals surface area contributed by atoms with Crippen LogP contribution in [0.3, 0.4) is 0 Å². The van der Waals surface area contributed by atoms with Crippen molar-refractivity contribution < 1.29 is 23.4 Å². The lowest BCUT2D eigenvalue weighted by Gasteiger charge is -2.32. The molecule has 166 valence electrons. The van der Waals surface area contributed by atoms with E-state index in [4.69, 9.17) is 5.11 Å². The number of aromatic hydroxyl groups is 1.